The van der Waals surface area contributed by atoms with E-state index in [-0.39, 0.29) is 17.4 Å². The van der Waals surface area contributed by atoms with Gasteiger partial charge in [-0.2, -0.15) is 22.7 Å². The normalized spacial score (nSPS) is 11.9. The van der Waals surface area contributed by atoms with Crippen LogP contribution in [0.1, 0.15) is 17.1 Å². The van der Waals surface area contributed by atoms with Crippen LogP contribution in [0.4, 0.5) is 17.6 Å². The average molecular weight is 326 g/mol. The van der Waals surface area contributed by atoms with Crippen LogP contribution in [0.25, 0.3) is 5.78 Å². The zero-order valence-electron chi connectivity index (χ0n) is 12.0. The minimum Gasteiger partial charge on any atom is -0.439 e. The van der Waals surface area contributed by atoms with Crippen LogP contribution in [0.3, 0.4) is 0 Å². The molecule has 0 spiro atoms. The van der Waals surface area contributed by atoms with Crippen molar-refractivity contribution in [2.24, 2.45) is 0 Å². The van der Waals surface area contributed by atoms with E-state index in [2.05, 4.69) is 15.1 Å². The largest absolute Gasteiger partial charge is 0.453 e. The lowest BCUT2D eigenvalue weighted by Crippen LogP contribution is -2.07. The first kappa shape index (κ1) is 15.2. The Morgan fingerprint density at radius 1 is 1.09 bits per heavy atom. The van der Waals surface area contributed by atoms with Gasteiger partial charge in [0.25, 0.3) is 11.6 Å². The summed E-state index contributed by atoms with van der Waals surface area (Å²) < 4.78 is 57.8. The van der Waals surface area contributed by atoms with Gasteiger partial charge in [0.2, 0.25) is 5.88 Å². The molecule has 0 saturated carbocycles. The second-order valence-corrected chi connectivity index (χ2v) is 4.89. The fraction of sp³-hybridized carbons (Fsp3) is 0.214. The molecule has 0 radical (unpaired) electrons. The minimum atomic E-state index is -4.69. The first-order valence-corrected chi connectivity index (χ1v) is 6.49. The molecule has 0 N–H and O–H groups in total. The van der Waals surface area contributed by atoms with Crippen LogP contribution in [-0.4, -0.2) is 19.6 Å². The summed E-state index contributed by atoms with van der Waals surface area (Å²) in [6.07, 6.45) is -4.69. The number of fused-ring (bicyclic) bond motifs is 1. The van der Waals surface area contributed by atoms with E-state index < -0.39 is 17.8 Å². The van der Waals surface area contributed by atoms with Gasteiger partial charge in [0.15, 0.2) is 0 Å². The Bertz CT molecular complexity index is 888. The number of ether oxygens (including phenoxy) is 1. The van der Waals surface area contributed by atoms with Gasteiger partial charge in [0, 0.05) is 11.8 Å². The third kappa shape index (κ3) is 2.94. The Morgan fingerprint density at radius 3 is 2.48 bits per heavy atom. The lowest BCUT2D eigenvalue weighted by molar-refractivity contribution is -0.144. The van der Waals surface area contributed by atoms with Crippen molar-refractivity contribution in [1.29, 1.82) is 0 Å². The Labute approximate surface area is 127 Å². The zero-order valence-corrected chi connectivity index (χ0v) is 12.0. The SMILES string of the molecule is Cc1cc(Oc2ccc(F)c(C)c2)n2nc(C(F)(F)F)nc2n1. The Kier molecular flexibility index (Phi) is 3.42. The van der Waals surface area contributed by atoms with Gasteiger partial charge < -0.3 is 4.74 Å². The lowest BCUT2D eigenvalue weighted by Gasteiger charge is -2.08. The number of benzene rings is 1. The Balaban J connectivity index is 2.09. The molecule has 120 valence electrons. The van der Waals surface area contributed by atoms with E-state index >= 15 is 0 Å². The number of aromatic nitrogens is 4. The summed E-state index contributed by atoms with van der Waals surface area (Å²) in [4.78, 5) is 7.25. The highest BCUT2D eigenvalue weighted by atomic mass is 19.4. The van der Waals surface area contributed by atoms with Crippen molar-refractivity contribution >= 4 is 5.78 Å². The first-order chi connectivity index (χ1) is 10.7. The van der Waals surface area contributed by atoms with E-state index in [1.165, 1.54) is 24.3 Å². The van der Waals surface area contributed by atoms with Gasteiger partial charge >= 0.3 is 6.18 Å². The highest BCUT2D eigenvalue weighted by Gasteiger charge is 2.37. The van der Waals surface area contributed by atoms with Crippen LogP contribution in [0.2, 0.25) is 0 Å². The van der Waals surface area contributed by atoms with Crippen LogP contribution in [0.15, 0.2) is 24.3 Å². The molecular formula is C14H10F4N4O. The van der Waals surface area contributed by atoms with E-state index in [0.717, 1.165) is 4.52 Å². The molecule has 0 atom stereocenters. The third-order valence-electron chi connectivity index (χ3n) is 3.01. The van der Waals surface area contributed by atoms with Crippen LogP contribution < -0.4 is 4.74 Å². The molecule has 3 rings (SSSR count). The molecule has 2 heterocycles. The van der Waals surface area contributed by atoms with E-state index in [1.807, 2.05) is 0 Å². The van der Waals surface area contributed by atoms with Crippen molar-refractivity contribution in [3.63, 3.8) is 0 Å². The molecule has 9 heteroatoms. The lowest BCUT2D eigenvalue weighted by atomic mass is 10.2. The van der Waals surface area contributed by atoms with Crippen molar-refractivity contribution < 1.29 is 22.3 Å². The summed E-state index contributed by atoms with van der Waals surface area (Å²) in [6.45, 7) is 3.14. The summed E-state index contributed by atoms with van der Waals surface area (Å²) >= 11 is 0. The monoisotopic (exact) mass is 326 g/mol. The smallest absolute Gasteiger partial charge is 0.439 e. The third-order valence-corrected chi connectivity index (χ3v) is 3.01. The number of aryl methyl sites for hydroxylation is 2. The number of rotatable bonds is 2. The average Bonchev–Trinajstić information content (AvgIpc) is 2.87. The van der Waals surface area contributed by atoms with Crippen LogP contribution in [-0.2, 0) is 6.18 Å². The van der Waals surface area contributed by atoms with E-state index in [1.54, 1.807) is 13.8 Å². The fourth-order valence-electron chi connectivity index (χ4n) is 1.95. The van der Waals surface area contributed by atoms with Gasteiger partial charge in [-0.25, -0.2) is 9.37 Å². The molecule has 1 aromatic carbocycles. The van der Waals surface area contributed by atoms with E-state index in [9.17, 15) is 17.6 Å². The maximum absolute atomic E-state index is 13.3. The quantitative estimate of drug-likeness (QED) is 0.674. The van der Waals surface area contributed by atoms with Crippen molar-refractivity contribution in [2.45, 2.75) is 20.0 Å². The molecule has 0 amide bonds. The van der Waals surface area contributed by atoms with Crippen LogP contribution in [0.5, 0.6) is 11.6 Å². The molecule has 5 nitrogen and oxygen atoms in total. The van der Waals surface area contributed by atoms with Crippen molar-refractivity contribution in [3.8, 4) is 11.6 Å². The Hall–Kier alpha value is -2.71. The van der Waals surface area contributed by atoms with E-state index in [4.69, 9.17) is 4.74 Å². The van der Waals surface area contributed by atoms with Crippen LogP contribution in [0, 0.1) is 19.7 Å². The topological polar surface area (TPSA) is 52.3 Å². The second kappa shape index (κ2) is 5.18. The molecule has 0 saturated heterocycles. The molecule has 0 fully saturated rings. The Morgan fingerprint density at radius 2 is 1.83 bits per heavy atom. The maximum atomic E-state index is 13.3. The molecule has 0 aliphatic carbocycles. The fourth-order valence-corrected chi connectivity index (χ4v) is 1.95. The predicted octanol–water partition coefficient (Wildman–Crippen LogP) is 3.69. The highest BCUT2D eigenvalue weighted by molar-refractivity contribution is 5.38. The van der Waals surface area contributed by atoms with Crippen molar-refractivity contribution in [2.75, 3.05) is 0 Å². The van der Waals surface area contributed by atoms with Gasteiger partial charge in [0.05, 0.1) is 0 Å². The maximum Gasteiger partial charge on any atom is 0.453 e. The van der Waals surface area contributed by atoms with Gasteiger partial charge in [-0.1, -0.05) is 0 Å². The molecule has 0 aliphatic heterocycles. The molecule has 23 heavy (non-hydrogen) atoms. The highest BCUT2D eigenvalue weighted by Crippen LogP contribution is 2.29. The molecule has 0 bridgehead atoms. The number of hydrogen-bond acceptors (Lipinski definition) is 4. The number of nitrogens with zero attached hydrogens (tertiary/aromatic N) is 4. The molecule has 0 unspecified atom stereocenters. The summed E-state index contributed by atoms with van der Waals surface area (Å²) in [6, 6.07) is 5.42. The summed E-state index contributed by atoms with van der Waals surface area (Å²) in [5, 5.41) is 3.38. The second-order valence-electron chi connectivity index (χ2n) is 4.89. The number of halogens is 4. The molecule has 0 aliphatic rings. The number of hydrogen-bond donors (Lipinski definition) is 0. The molecular weight excluding hydrogens is 316 g/mol. The van der Waals surface area contributed by atoms with Crippen molar-refractivity contribution in [1.82, 2.24) is 19.6 Å². The summed E-state index contributed by atoms with van der Waals surface area (Å²) in [7, 11) is 0. The van der Waals surface area contributed by atoms with E-state index in [0.29, 0.717) is 11.3 Å². The first-order valence-electron chi connectivity index (χ1n) is 6.49. The molecule has 2 aromatic heterocycles. The minimum absolute atomic E-state index is 0.00140. The van der Waals surface area contributed by atoms with Gasteiger partial charge in [-0.15, -0.1) is 5.10 Å². The summed E-state index contributed by atoms with van der Waals surface area (Å²) in [5.41, 5.74) is 0.756. The van der Waals surface area contributed by atoms with Gasteiger partial charge in [-0.05, 0) is 37.6 Å². The zero-order chi connectivity index (χ0) is 16.8. The summed E-state index contributed by atoms with van der Waals surface area (Å²) in [5.74, 6) is -1.68. The number of alkyl halides is 3. The molecule has 3 aromatic rings. The predicted molar refractivity (Wildman–Crippen MR) is 71.7 cm³/mol. The van der Waals surface area contributed by atoms with Gasteiger partial charge in [0.1, 0.15) is 11.6 Å². The van der Waals surface area contributed by atoms with Crippen molar-refractivity contribution in [3.05, 3.63) is 47.2 Å². The van der Waals surface area contributed by atoms with Gasteiger partial charge in [-0.3, -0.25) is 0 Å². The standard InChI is InChI=1S/C14H10F4N4O/c1-7-5-9(3-4-10(7)15)23-11-6-8(2)19-13-20-12(14(16,17)18)21-22(11)13/h3-6H,1-2H3. The van der Waals surface area contributed by atoms with Crippen LogP contribution >= 0.6 is 0 Å².